The highest BCUT2D eigenvalue weighted by atomic mass is 16.5. The molecule has 7 heteroatoms. The number of carbonyl (C=O) groups excluding carboxylic acids is 2. The van der Waals surface area contributed by atoms with Crippen LogP contribution in [0.1, 0.15) is 25.7 Å². The Kier molecular flexibility index (Phi) is 7.01. The van der Waals surface area contributed by atoms with Gasteiger partial charge in [-0.15, -0.1) is 0 Å². The molecule has 2 heterocycles. The summed E-state index contributed by atoms with van der Waals surface area (Å²) in [5.74, 6) is -0.190. The maximum Gasteiger partial charge on any atom is 0.246 e. The van der Waals surface area contributed by atoms with Crippen LogP contribution >= 0.6 is 0 Å². The van der Waals surface area contributed by atoms with Gasteiger partial charge in [0.2, 0.25) is 11.8 Å². The van der Waals surface area contributed by atoms with Crippen molar-refractivity contribution in [3.05, 3.63) is 12.2 Å². The number of likely N-dealkylation sites (tertiary alicyclic amines) is 1. The van der Waals surface area contributed by atoms with E-state index < -0.39 is 12.1 Å². The number of aliphatic hydroxyl groups excluding tert-OH is 1. The van der Waals surface area contributed by atoms with E-state index in [1.807, 2.05) is 4.90 Å². The van der Waals surface area contributed by atoms with Gasteiger partial charge in [0, 0.05) is 20.2 Å². The monoisotopic (exact) mass is 326 g/mol. The minimum atomic E-state index is -0.556. The van der Waals surface area contributed by atoms with Crippen molar-refractivity contribution in [3.63, 3.8) is 0 Å². The van der Waals surface area contributed by atoms with Gasteiger partial charge in [0.05, 0.1) is 25.2 Å². The van der Waals surface area contributed by atoms with Gasteiger partial charge in [0.25, 0.3) is 0 Å². The highest BCUT2D eigenvalue weighted by molar-refractivity contribution is 5.78. The molecule has 0 unspecified atom stereocenters. The number of nitrogens with zero attached hydrogens (tertiary/aromatic N) is 1. The molecule has 0 aromatic carbocycles. The van der Waals surface area contributed by atoms with Gasteiger partial charge in [-0.1, -0.05) is 12.2 Å². The predicted molar refractivity (Wildman–Crippen MR) is 83.7 cm³/mol. The molecule has 3 atom stereocenters. The molecule has 2 N–H and O–H groups in total. The molecule has 0 bridgehead atoms. The smallest absolute Gasteiger partial charge is 0.246 e. The van der Waals surface area contributed by atoms with Crippen LogP contribution in [0.15, 0.2) is 12.2 Å². The van der Waals surface area contributed by atoms with E-state index in [4.69, 9.17) is 9.47 Å². The SMILES string of the molecule is COCC(=O)N[C@H]1C=C[C@H](CC(=O)N2CCCCC2)O[C@H]1CO. The summed E-state index contributed by atoms with van der Waals surface area (Å²) in [7, 11) is 1.44. The molecule has 0 aliphatic carbocycles. The molecular weight excluding hydrogens is 300 g/mol. The summed E-state index contributed by atoms with van der Waals surface area (Å²) in [6.07, 6.45) is 6.21. The second kappa shape index (κ2) is 9.00. The summed E-state index contributed by atoms with van der Waals surface area (Å²) < 4.78 is 10.5. The van der Waals surface area contributed by atoms with E-state index in [1.165, 1.54) is 13.5 Å². The molecule has 1 saturated heterocycles. The first-order chi connectivity index (χ1) is 11.1. The van der Waals surface area contributed by atoms with E-state index in [2.05, 4.69) is 5.32 Å². The number of hydrogen-bond donors (Lipinski definition) is 2. The standard InChI is InChI=1S/C16H26N2O5/c1-22-11-15(20)17-13-6-5-12(23-14(13)10-19)9-16(21)18-7-3-2-4-8-18/h5-6,12-14,19H,2-4,7-11H2,1H3,(H,17,20)/t12-,13+,14+/m1/s1. The third-order valence-electron chi connectivity index (χ3n) is 4.15. The molecule has 7 nitrogen and oxygen atoms in total. The van der Waals surface area contributed by atoms with Crippen LogP contribution in [0.5, 0.6) is 0 Å². The molecular formula is C16H26N2O5. The average Bonchev–Trinajstić information content (AvgIpc) is 2.57. The maximum atomic E-state index is 12.3. The fourth-order valence-electron chi connectivity index (χ4n) is 2.94. The van der Waals surface area contributed by atoms with Crippen molar-refractivity contribution in [1.29, 1.82) is 0 Å². The molecule has 130 valence electrons. The van der Waals surface area contributed by atoms with Crippen LogP contribution in [0.2, 0.25) is 0 Å². The Balaban J connectivity index is 1.87. The Labute approximate surface area is 136 Å². The van der Waals surface area contributed by atoms with Gasteiger partial charge >= 0.3 is 0 Å². The molecule has 2 rings (SSSR count). The second-order valence-electron chi connectivity index (χ2n) is 5.95. The van der Waals surface area contributed by atoms with Gasteiger partial charge in [-0.05, 0) is 19.3 Å². The van der Waals surface area contributed by atoms with E-state index in [0.717, 1.165) is 25.9 Å². The summed E-state index contributed by atoms with van der Waals surface area (Å²) in [5.41, 5.74) is 0. The van der Waals surface area contributed by atoms with Crippen molar-refractivity contribution < 1.29 is 24.2 Å². The van der Waals surface area contributed by atoms with Crippen molar-refractivity contribution in [2.45, 2.75) is 43.9 Å². The predicted octanol–water partition coefficient (Wildman–Crippen LogP) is -0.164. The Hall–Kier alpha value is -1.44. The number of amides is 2. The van der Waals surface area contributed by atoms with Crippen LogP contribution in [0.25, 0.3) is 0 Å². The van der Waals surface area contributed by atoms with E-state index in [1.54, 1.807) is 12.2 Å². The summed E-state index contributed by atoms with van der Waals surface area (Å²) in [4.78, 5) is 25.7. The highest BCUT2D eigenvalue weighted by Gasteiger charge is 2.30. The molecule has 0 spiro atoms. The number of piperidine rings is 1. The molecule has 23 heavy (non-hydrogen) atoms. The topological polar surface area (TPSA) is 88.1 Å². The first-order valence-electron chi connectivity index (χ1n) is 8.14. The Morgan fingerprint density at radius 2 is 2.04 bits per heavy atom. The van der Waals surface area contributed by atoms with Crippen molar-refractivity contribution in [1.82, 2.24) is 10.2 Å². The van der Waals surface area contributed by atoms with Crippen LogP contribution in [-0.2, 0) is 19.1 Å². The van der Waals surface area contributed by atoms with Crippen LogP contribution in [-0.4, -0.2) is 73.5 Å². The number of nitrogens with one attached hydrogen (secondary N) is 1. The summed E-state index contributed by atoms with van der Waals surface area (Å²) in [5, 5.41) is 12.2. The second-order valence-corrected chi connectivity index (χ2v) is 5.95. The third kappa shape index (κ3) is 5.30. The van der Waals surface area contributed by atoms with Gasteiger partial charge < -0.3 is 24.8 Å². The van der Waals surface area contributed by atoms with Crippen LogP contribution in [0, 0.1) is 0 Å². The third-order valence-corrected chi connectivity index (χ3v) is 4.15. The molecule has 2 aliphatic heterocycles. The molecule has 0 saturated carbocycles. The first kappa shape index (κ1) is 17.9. The van der Waals surface area contributed by atoms with Gasteiger partial charge in [0.15, 0.2) is 0 Å². The number of rotatable bonds is 6. The van der Waals surface area contributed by atoms with Gasteiger partial charge in [-0.3, -0.25) is 9.59 Å². The molecule has 2 amide bonds. The van der Waals surface area contributed by atoms with E-state index in [0.29, 0.717) is 0 Å². The largest absolute Gasteiger partial charge is 0.394 e. The Bertz CT molecular complexity index is 434. The minimum absolute atomic E-state index is 0.0423. The minimum Gasteiger partial charge on any atom is -0.394 e. The van der Waals surface area contributed by atoms with Crippen LogP contribution < -0.4 is 5.32 Å². The zero-order valence-electron chi connectivity index (χ0n) is 13.6. The van der Waals surface area contributed by atoms with Gasteiger partial charge in [-0.2, -0.15) is 0 Å². The highest BCUT2D eigenvalue weighted by Crippen LogP contribution is 2.18. The Morgan fingerprint density at radius 1 is 1.30 bits per heavy atom. The van der Waals surface area contributed by atoms with Crippen molar-refractivity contribution in [2.75, 3.05) is 33.4 Å². The quantitative estimate of drug-likeness (QED) is 0.662. The number of aliphatic hydroxyl groups is 1. The van der Waals surface area contributed by atoms with Crippen molar-refractivity contribution >= 4 is 11.8 Å². The lowest BCUT2D eigenvalue weighted by atomic mass is 10.0. The number of hydrogen-bond acceptors (Lipinski definition) is 5. The summed E-state index contributed by atoms with van der Waals surface area (Å²) in [6.45, 7) is 1.36. The van der Waals surface area contributed by atoms with E-state index in [-0.39, 0.29) is 37.6 Å². The van der Waals surface area contributed by atoms with Crippen molar-refractivity contribution in [2.24, 2.45) is 0 Å². The van der Waals surface area contributed by atoms with Crippen LogP contribution in [0.4, 0.5) is 0 Å². The zero-order chi connectivity index (χ0) is 16.7. The van der Waals surface area contributed by atoms with Crippen LogP contribution in [0.3, 0.4) is 0 Å². The summed E-state index contributed by atoms with van der Waals surface area (Å²) >= 11 is 0. The fourth-order valence-corrected chi connectivity index (χ4v) is 2.94. The van der Waals surface area contributed by atoms with E-state index >= 15 is 0 Å². The lowest BCUT2D eigenvalue weighted by Gasteiger charge is -2.33. The molecule has 0 aromatic heterocycles. The maximum absolute atomic E-state index is 12.3. The Morgan fingerprint density at radius 3 is 2.70 bits per heavy atom. The molecule has 1 fully saturated rings. The number of carbonyl (C=O) groups is 2. The van der Waals surface area contributed by atoms with Crippen molar-refractivity contribution in [3.8, 4) is 0 Å². The van der Waals surface area contributed by atoms with Gasteiger partial charge in [0.1, 0.15) is 12.7 Å². The normalized spacial score (nSPS) is 27.7. The van der Waals surface area contributed by atoms with E-state index in [9.17, 15) is 14.7 Å². The fraction of sp³-hybridized carbons (Fsp3) is 0.750. The van der Waals surface area contributed by atoms with Gasteiger partial charge in [-0.25, -0.2) is 0 Å². The zero-order valence-corrected chi connectivity index (χ0v) is 13.6. The summed E-state index contributed by atoms with van der Waals surface area (Å²) in [6, 6.07) is -0.413. The molecule has 0 radical (unpaired) electrons. The number of methoxy groups -OCH3 is 1. The lowest BCUT2D eigenvalue weighted by Crippen LogP contribution is -2.50. The lowest BCUT2D eigenvalue weighted by molar-refractivity contribution is -0.137. The number of ether oxygens (including phenoxy) is 2. The molecule has 0 aromatic rings. The average molecular weight is 326 g/mol. The molecule has 2 aliphatic rings. The first-order valence-corrected chi connectivity index (χ1v) is 8.14.